The zero-order valence-electron chi connectivity index (χ0n) is 19.4. The van der Waals surface area contributed by atoms with Gasteiger partial charge in [0, 0.05) is 30.6 Å². The summed E-state index contributed by atoms with van der Waals surface area (Å²) in [7, 11) is 0. The Kier molecular flexibility index (Phi) is 8.30. The fourth-order valence-electron chi connectivity index (χ4n) is 4.32. The molecule has 0 saturated carbocycles. The smallest absolute Gasteiger partial charge is 0.242 e. The van der Waals surface area contributed by atoms with E-state index < -0.39 is 6.04 Å². The van der Waals surface area contributed by atoms with E-state index in [9.17, 15) is 19.2 Å². The van der Waals surface area contributed by atoms with Crippen molar-refractivity contribution in [3.63, 3.8) is 0 Å². The van der Waals surface area contributed by atoms with Gasteiger partial charge in [0.15, 0.2) is 0 Å². The molecule has 1 saturated heterocycles. The lowest BCUT2D eigenvalue weighted by molar-refractivity contribution is -0.143. The largest absolute Gasteiger partial charge is 0.352 e. The second kappa shape index (κ2) is 11.0. The van der Waals surface area contributed by atoms with Crippen molar-refractivity contribution in [2.75, 3.05) is 6.54 Å². The van der Waals surface area contributed by atoms with Crippen LogP contribution in [0.3, 0.4) is 0 Å². The summed E-state index contributed by atoms with van der Waals surface area (Å²) in [6.45, 7) is 5.79. The van der Waals surface area contributed by atoms with E-state index in [2.05, 4.69) is 5.32 Å². The Morgan fingerprint density at radius 3 is 2.36 bits per heavy atom. The number of nitrogens with one attached hydrogen (secondary N) is 1. The van der Waals surface area contributed by atoms with Crippen LogP contribution in [0.4, 0.5) is 0 Å². The predicted octanol–water partition coefficient (Wildman–Crippen LogP) is 3.31. The molecule has 1 aliphatic carbocycles. The maximum atomic E-state index is 13.3. The molecule has 0 radical (unpaired) electrons. The van der Waals surface area contributed by atoms with Gasteiger partial charge >= 0.3 is 0 Å². The van der Waals surface area contributed by atoms with Crippen LogP contribution in [-0.2, 0) is 25.7 Å². The molecule has 1 fully saturated rings. The molecule has 1 heterocycles. The van der Waals surface area contributed by atoms with Crippen molar-refractivity contribution < 1.29 is 19.2 Å². The Morgan fingerprint density at radius 2 is 1.79 bits per heavy atom. The molecule has 4 atom stereocenters. The van der Waals surface area contributed by atoms with Crippen LogP contribution in [0.15, 0.2) is 36.4 Å². The number of amides is 4. The van der Waals surface area contributed by atoms with Crippen LogP contribution in [0.5, 0.6) is 0 Å². The average Bonchev–Trinajstić information content (AvgIpc) is 3.05. The first-order chi connectivity index (χ1) is 15.7. The van der Waals surface area contributed by atoms with Gasteiger partial charge in [0.2, 0.25) is 23.6 Å². The van der Waals surface area contributed by atoms with Crippen LogP contribution in [0.1, 0.15) is 52.0 Å². The number of imide groups is 1. The van der Waals surface area contributed by atoms with Crippen LogP contribution in [-0.4, -0.2) is 52.1 Å². The van der Waals surface area contributed by atoms with Gasteiger partial charge in [-0.15, -0.1) is 0 Å². The van der Waals surface area contributed by atoms with Gasteiger partial charge in [-0.25, -0.2) is 0 Å². The number of nitrogens with zero attached hydrogens (tertiary/aromatic N) is 2. The lowest BCUT2D eigenvalue weighted by Gasteiger charge is -2.30. The van der Waals surface area contributed by atoms with E-state index in [0.29, 0.717) is 17.9 Å². The SMILES string of the molecule is CC[C@H](C)NC(=O)[C@H](C)N(Cc1cccc(Cl)c1)C(=O)CCN1C(=O)[C@H]2CC=CC[C@H]2C1=O. The Balaban J connectivity index is 1.72. The van der Waals surface area contributed by atoms with Gasteiger partial charge in [-0.3, -0.25) is 24.1 Å². The molecular formula is C25H32ClN3O4. The van der Waals surface area contributed by atoms with Crippen molar-refractivity contribution in [3.8, 4) is 0 Å². The number of carbonyl (C=O) groups excluding carboxylic acids is 4. The maximum Gasteiger partial charge on any atom is 0.242 e. The van der Waals surface area contributed by atoms with E-state index in [1.54, 1.807) is 25.1 Å². The number of hydrogen-bond acceptors (Lipinski definition) is 4. The van der Waals surface area contributed by atoms with E-state index in [1.165, 1.54) is 9.80 Å². The lowest BCUT2D eigenvalue weighted by atomic mass is 9.85. The molecular weight excluding hydrogens is 442 g/mol. The van der Waals surface area contributed by atoms with E-state index in [0.717, 1.165) is 12.0 Å². The summed E-state index contributed by atoms with van der Waals surface area (Å²) in [6.07, 6.45) is 5.74. The molecule has 3 rings (SSSR count). The lowest BCUT2D eigenvalue weighted by Crippen LogP contribution is -2.50. The summed E-state index contributed by atoms with van der Waals surface area (Å²) >= 11 is 6.11. The van der Waals surface area contributed by atoms with Gasteiger partial charge in [-0.05, 0) is 50.8 Å². The van der Waals surface area contributed by atoms with E-state index in [4.69, 9.17) is 11.6 Å². The molecule has 8 heteroatoms. The number of hydrogen-bond donors (Lipinski definition) is 1. The first-order valence-corrected chi connectivity index (χ1v) is 11.9. The number of fused-ring (bicyclic) bond motifs is 1. The Labute approximate surface area is 200 Å². The molecule has 1 aromatic carbocycles. The molecule has 0 aromatic heterocycles. The second-order valence-corrected chi connectivity index (χ2v) is 9.32. The molecule has 2 aliphatic rings. The zero-order chi connectivity index (χ0) is 24.1. The zero-order valence-corrected chi connectivity index (χ0v) is 20.2. The molecule has 0 spiro atoms. The third-order valence-electron chi connectivity index (χ3n) is 6.56. The summed E-state index contributed by atoms with van der Waals surface area (Å²) < 4.78 is 0. The average molecular weight is 474 g/mol. The van der Waals surface area contributed by atoms with E-state index in [1.807, 2.05) is 32.1 Å². The molecule has 1 aliphatic heterocycles. The Hall–Kier alpha value is -2.67. The quantitative estimate of drug-likeness (QED) is 0.440. The monoisotopic (exact) mass is 473 g/mol. The van der Waals surface area contributed by atoms with Crippen molar-refractivity contribution in [1.29, 1.82) is 0 Å². The van der Waals surface area contributed by atoms with Gasteiger partial charge in [0.1, 0.15) is 6.04 Å². The van der Waals surface area contributed by atoms with Gasteiger partial charge in [0.25, 0.3) is 0 Å². The second-order valence-electron chi connectivity index (χ2n) is 8.88. The van der Waals surface area contributed by atoms with Crippen molar-refractivity contribution in [2.45, 2.75) is 65.1 Å². The van der Waals surface area contributed by atoms with Crippen LogP contribution in [0, 0.1) is 11.8 Å². The molecule has 33 heavy (non-hydrogen) atoms. The molecule has 7 nitrogen and oxygen atoms in total. The summed E-state index contributed by atoms with van der Waals surface area (Å²) in [6, 6.07) is 6.40. The van der Waals surface area contributed by atoms with Crippen molar-refractivity contribution in [1.82, 2.24) is 15.1 Å². The van der Waals surface area contributed by atoms with Crippen LogP contribution < -0.4 is 5.32 Å². The minimum atomic E-state index is -0.720. The van der Waals surface area contributed by atoms with Crippen LogP contribution in [0.25, 0.3) is 0 Å². The summed E-state index contributed by atoms with van der Waals surface area (Å²) in [5.74, 6) is -1.58. The summed E-state index contributed by atoms with van der Waals surface area (Å²) in [5.41, 5.74) is 0.796. The Morgan fingerprint density at radius 1 is 1.15 bits per heavy atom. The normalized spacial score (nSPS) is 21.5. The molecule has 1 N–H and O–H groups in total. The first-order valence-electron chi connectivity index (χ1n) is 11.6. The minimum absolute atomic E-state index is 0.0140. The maximum absolute atomic E-state index is 13.3. The molecule has 4 amide bonds. The minimum Gasteiger partial charge on any atom is -0.352 e. The number of rotatable bonds is 9. The van der Waals surface area contributed by atoms with E-state index in [-0.39, 0.29) is 61.0 Å². The topological polar surface area (TPSA) is 86.8 Å². The van der Waals surface area contributed by atoms with Crippen LogP contribution in [0.2, 0.25) is 5.02 Å². The van der Waals surface area contributed by atoms with Gasteiger partial charge < -0.3 is 10.2 Å². The highest BCUT2D eigenvalue weighted by molar-refractivity contribution is 6.30. The third kappa shape index (κ3) is 5.82. The predicted molar refractivity (Wildman–Crippen MR) is 126 cm³/mol. The number of allylic oxidation sites excluding steroid dienone is 2. The molecule has 0 bridgehead atoms. The fraction of sp³-hybridized carbons (Fsp3) is 0.520. The summed E-state index contributed by atoms with van der Waals surface area (Å²) in [4.78, 5) is 54.2. The van der Waals surface area contributed by atoms with Crippen LogP contribution >= 0.6 is 11.6 Å². The summed E-state index contributed by atoms with van der Waals surface area (Å²) in [5, 5.41) is 3.47. The fourth-order valence-corrected chi connectivity index (χ4v) is 4.53. The highest BCUT2D eigenvalue weighted by atomic mass is 35.5. The van der Waals surface area contributed by atoms with Crippen molar-refractivity contribution in [2.24, 2.45) is 11.8 Å². The Bertz CT molecular complexity index is 921. The van der Waals surface area contributed by atoms with E-state index >= 15 is 0 Å². The number of halogens is 1. The van der Waals surface area contributed by atoms with Crippen molar-refractivity contribution >= 4 is 35.2 Å². The van der Waals surface area contributed by atoms with Gasteiger partial charge in [-0.1, -0.05) is 42.8 Å². The molecule has 0 unspecified atom stereocenters. The van der Waals surface area contributed by atoms with Crippen molar-refractivity contribution in [3.05, 3.63) is 47.0 Å². The number of carbonyl (C=O) groups is 4. The van der Waals surface area contributed by atoms with Gasteiger partial charge in [-0.2, -0.15) is 0 Å². The number of benzene rings is 1. The first kappa shape index (κ1) is 25.0. The third-order valence-corrected chi connectivity index (χ3v) is 6.79. The standard InChI is InChI=1S/C25H32ClN3O4/c1-4-16(2)27-23(31)17(3)29(15-18-8-7-9-19(26)14-18)22(30)12-13-28-24(32)20-10-5-6-11-21(20)25(28)33/h5-9,14,16-17,20-21H,4,10-13,15H2,1-3H3,(H,27,31)/t16-,17-,20-,21+/m0/s1. The highest BCUT2D eigenvalue weighted by Crippen LogP contribution is 2.35. The molecule has 178 valence electrons. The highest BCUT2D eigenvalue weighted by Gasteiger charge is 2.47. The van der Waals surface area contributed by atoms with Gasteiger partial charge in [0.05, 0.1) is 11.8 Å². The molecule has 1 aromatic rings. The number of likely N-dealkylation sites (tertiary alicyclic amines) is 1.